The number of benzene rings is 2. The van der Waals surface area contributed by atoms with Crippen molar-refractivity contribution in [2.24, 2.45) is 0 Å². The minimum absolute atomic E-state index is 0.0752. The van der Waals surface area contributed by atoms with Crippen LogP contribution < -0.4 is 15.1 Å². The fourth-order valence-electron chi connectivity index (χ4n) is 3.43. The Labute approximate surface area is 154 Å². The summed E-state index contributed by atoms with van der Waals surface area (Å²) in [5.41, 5.74) is 4.30. The Balaban J connectivity index is 1.52. The number of aryl methyl sites for hydroxylation is 2. The van der Waals surface area contributed by atoms with E-state index in [9.17, 15) is 4.79 Å². The minimum atomic E-state index is 0.0752. The van der Waals surface area contributed by atoms with Gasteiger partial charge in [-0.2, -0.15) is 0 Å². The smallest absolute Gasteiger partial charge is 0.279 e. The van der Waals surface area contributed by atoms with Crippen molar-refractivity contribution in [1.29, 1.82) is 0 Å². The lowest BCUT2D eigenvalue weighted by atomic mass is 10.1. The first-order chi connectivity index (χ1) is 12.0. The molecule has 1 heterocycles. The van der Waals surface area contributed by atoms with Crippen LogP contribution in [-0.2, 0) is 4.79 Å². The van der Waals surface area contributed by atoms with E-state index in [0.717, 1.165) is 53.7 Å². The summed E-state index contributed by atoms with van der Waals surface area (Å²) < 4.78 is 0. The number of nitrogens with one attached hydrogen (secondary N) is 2. The second kappa shape index (κ2) is 7.89. The molecule has 1 aliphatic rings. The van der Waals surface area contributed by atoms with Crippen molar-refractivity contribution in [3.8, 4) is 0 Å². The van der Waals surface area contributed by atoms with Crippen molar-refractivity contribution >= 4 is 28.9 Å². The molecule has 1 amide bonds. The molecule has 0 saturated carbocycles. The third kappa shape index (κ3) is 4.74. The van der Waals surface area contributed by atoms with Gasteiger partial charge in [-0.15, -0.1) is 0 Å². The zero-order chi connectivity index (χ0) is 17.8. The van der Waals surface area contributed by atoms with Gasteiger partial charge in [0.15, 0.2) is 6.54 Å². The van der Waals surface area contributed by atoms with Gasteiger partial charge in [0.1, 0.15) is 0 Å². The van der Waals surface area contributed by atoms with Crippen molar-refractivity contribution in [2.75, 3.05) is 42.9 Å². The highest BCUT2D eigenvalue weighted by atomic mass is 35.5. The van der Waals surface area contributed by atoms with E-state index >= 15 is 0 Å². The van der Waals surface area contributed by atoms with E-state index in [1.54, 1.807) is 0 Å². The number of hydrogen-bond acceptors (Lipinski definition) is 2. The van der Waals surface area contributed by atoms with Crippen LogP contribution in [0.15, 0.2) is 42.5 Å². The normalized spacial score (nSPS) is 15.2. The highest BCUT2D eigenvalue weighted by molar-refractivity contribution is 6.33. The van der Waals surface area contributed by atoms with Gasteiger partial charge >= 0.3 is 0 Å². The van der Waals surface area contributed by atoms with Gasteiger partial charge in [0.25, 0.3) is 5.91 Å². The molecule has 0 atom stereocenters. The van der Waals surface area contributed by atoms with Gasteiger partial charge in [-0.25, -0.2) is 0 Å². The Morgan fingerprint density at radius 3 is 2.40 bits per heavy atom. The molecule has 0 unspecified atom stereocenters. The van der Waals surface area contributed by atoms with Crippen LogP contribution in [0.4, 0.5) is 11.4 Å². The van der Waals surface area contributed by atoms with E-state index in [1.165, 1.54) is 4.90 Å². The number of hydrogen-bond donors (Lipinski definition) is 2. The first kappa shape index (κ1) is 17.8. The summed E-state index contributed by atoms with van der Waals surface area (Å²) >= 11 is 6.28. The molecule has 2 N–H and O–H groups in total. The van der Waals surface area contributed by atoms with E-state index < -0.39 is 0 Å². The number of quaternary nitrogens is 1. The molecule has 0 spiro atoms. The highest BCUT2D eigenvalue weighted by Crippen LogP contribution is 2.24. The molecule has 1 aliphatic heterocycles. The highest BCUT2D eigenvalue weighted by Gasteiger charge is 2.23. The van der Waals surface area contributed by atoms with Crippen LogP contribution in [0.5, 0.6) is 0 Å². The van der Waals surface area contributed by atoms with Crippen LogP contribution in [0.25, 0.3) is 0 Å². The molecule has 25 heavy (non-hydrogen) atoms. The molecule has 2 aromatic carbocycles. The van der Waals surface area contributed by atoms with Crippen molar-refractivity contribution < 1.29 is 9.69 Å². The Morgan fingerprint density at radius 1 is 1.12 bits per heavy atom. The van der Waals surface area contributed by atoms with Gasteiger partial charge in [0, 0.05) is 5.69 Å². The Morgan fingerprint density at radius 2 is 1.76 bits per heavy atom. The summed E-state index contributed by atoms with van der Waals surface area (Å²) in [5, 5.41) is 3.82. The van der Waals surface area contributed by atoms with Gasteiger partial charge in [0.05, 0.1) is 36.9 Å². The van der Waals surface area contributed by atoms with Gasteiger partial charge in [0.2, 0.25) is 0 Å². The van der Waals surface area contributed by atoms with Crippen molar-refractivity contribution in [1.82, 2.24) is 0 Å². The average molecular weight is 359 g/mol. The number of piperazine rings is 1. The van der Waals surface area contributed by atoms with Gasteiger partial charge in [-0.1, -0.05) is 29.8 Å². The molecule has 3 rings (SSSR count). The summed E-state index contributed by atoms with van der Waals surface area (Å²) in [6.45, 7) is 8.29. The van der Waals surface area contributed by atoms with Crippen LogP contribution in [0.1, 0.15) is 11.1 Å². The average Bonchev–Trinajstić information content (AvgIpc) is 2.55. The molecule has 0 aliphatic carbocycles. The number of nitrogens with zero attached hydrogens (tertiary/aromatic N) is 1. The Hall–Kier alpha value is -2.04. The zero-order valence-corrected chi connectivity index (χ0v) is 15.6. The van der Waals surface area contributed by atoms with Gasteiger partial charge in [-0.3, -0.25) is 4.79 Å². The predicted molar refractivity (Wildman–Crippen MR) is 104 cm³/mol. The van der Waals surface area contributed by atoms with Crippen LogP contribution in [-0.4, -0.2) is 38.6 Å². The Kier molecular flexibility index (Phi) is 5.61. The molecule has 1 saturated heterocycles. The summed E-state index contributed by atoms with van der Waals surface area (Å²) in [7, 11) is 0. The second-order valence-corrected chi connectivity index (χ2v) is 7.20. The number of amides is 1. The number of carbonyl (C=O) groups excluding carboxylic acids is 1. The van der Waals surface area contributed by atoms with E-state index in [0.29, 0.717) is 6.54 Å². The fraction of sp³-hybridized carbons (Fsp3) is 0.350. The number of rotatable bonds is 4. The molecule has 0 bridgehead atoms. The third-order valence-corrected chi connectivity index (χ3v) is 4.90. The fourth-order valence-corrected chi connectivity index (χ4v) is 3.68. The predicted octanol–water partition coefficient (Wildman–Crippen LogP) is 2.30. The first-order valence-electron chi connectivity index (χ1n) is 8.72. The molecular formula is C20H25ClN3O+. The lowest BCUT2D eigenvalue weighted by molar-refractivity contribution is -0.892. The van der Waals surface area contributed by atoms with Crippen molar-refractivity contribution in [3.05, 3.63) is 58.6 Å². The molecular weight excluding hydrogens is 334 g/mol. The molecule has 132 valence electrons. The van der Waals surface area contributed by atoms with Crippen molar-refractivity contribution in [2.45, 2.75) is 13.8 Å². The molecule has 4 nitrogen and oxygen atoms in total. The maximum absolute atomic E-state index is 12.3. The summed E-state index contributed by atoms with van der Waals surface area (Å²) in [4.78, 5) is 16.0. The van der Waals surface area contributed by atoms with Gasteiger partial charge < -0.3 is 15.1 Å². The minimum Gasteiger partial charge on any atom is -0.359 e. The van der Waals surface area contributed by atoms with Crippen LogP contribution >= 0.6 is 11.6 Å². The second-order valence-electron chi connectivity index (χ2n) is 6.79. The zero-order valence-electron chi connectivity index (χ0n) is 14.8. The van der Waals surface area contributed by atoms with Gasteiger partial charge in [-0.05, 0) is 49.2 Å². The lowest BCUT2D eigenvalue weighted by Gasteiger charge is -2.33. The van der Waals surface area contributed by atoms with Crippen LogP contribution in [0.3, 0.4) is 0 Å². The number of para-hydroxylation sites is 1. The summed E-state index contributed by atoms with van der Waals surface area (Å²) in [6.07, 6.45) is 0. The monoisotopic (exact) mass is 358 g/mol. The van der Waals surface area contributed by atoms with E-state index in [2.05, 4.69) is 22.3 Å². The lowest BCUT2D eigenvalue weighted by Crippen LogP contribution is -3.15. The molecule has 1 fully saturated rings. The maximum Gasteiger partial charge on any atom is 0.279 e. The van der Waals surface area contributed by atoms with Crippen LogP contribution in [0.2, 0.25) is 5.02 Å². The largest absolute Gasteiger partial charge is 0.359 e. The molecule has 5 heteroatoms. The topological polar surface area (TPSA) is 36.8 Å². The quantitative estimate of drug-likeness (QED) is 0.880. The summed E-state index contributed by atoms with van der Waals surface area (Å²) in [6, 6.07) is 14.1. The van der Waals surface area contributed by atoms with Crippen LogP contribution in [0, 0.1) is 13.8 Å². The molecule has 0 aromatic heterocycles. The van der Waals surface area contributed by atoms with Crippen molar-refractivity contribution in [3.63, 3.8) is 0 Å². The first-order valence-corrected chi connectivity index (χ1v) is 9.10. The maximum atomic E-state index is 12.3. The number of carbonyl (C=O) groups is 1. The van der Waals surface area contributed by atoms with E-state index in [4.69, 9.17) is 11.6 Å². The van der Waals surface area contributed by atoms with E-state index in [1.807, 2.05) is 44.2 Å². The van der Waals surface area contributed by atoms with E-state index in [-0.39, 0.29) is 5.91 Å². The summed E-state index contributed by atoms with van der Waals surface area (Å²) in [5.74, 6) is 0.0752. The Bertz CT molecular complexity index is 734. The molecule has 0 radical (unpaired) electrons. The molecule has 2 aromatic rings. The number of halogens is 1. The standard InChI is InChI=1S/C20H24ClN3O/c1-15-11-16(2)13-17(12-15)22-20(25)14-23-7-9-24(10-8-23)19-6-4-3-5-18(19)21/h3-6,11-13H,7-10,14H2,1-2H3,(H,22,25)/p+1. The third-order valence-electron chi connectivity index (χ3n) is 4.58. The number of anilines is 2. The SMILES string of the molecule is Cc1cc(C)cc(NC(=O)C[NH+]2CCN(c3ccccc3Cl)CC2)c1.